The van der Waals surface area contributed by atoms with Gasteiger partial charge in [0.25, 0.3) is 0 Å². The molecule has 0 spiro atoms. The van der Waals surface area contributed by atoms with Crippen molar-refractivity contribution in [1.29, 1.82) is 0 Å². The van der Waals surface area contributed by atoms with Crippen LogP contribution in [0.4, 0.5) is 0 Å². The molecule has 0 aromatic carbocycles. The average molecular weight is 161 g/mol. The highest BCUT2D eigenvalue weighted by Crippen LogP contribution is 2.11. The zero-order chi connectivity index (χ0) is 6.69. The highest BCUT2D eigenvalue weighted by atomic mass is 33.1. The zero-order valence-corrected chi connectivity index (χ0v) is 6.24. The first kappa shape index (κ1) is 6.95. The van der Waals surface area contributed by atoms with Crippen molar-refractivity contribution in [2.45, 2.75) is 6.42 Å². The van der Waals surface area contributed by atoms with Gasteiger partial charge in [0.05, 0.1) is 6.42 Å². The van der Waals surface area contributed by atoms with E-state index in [1.54, 1.807) is 6.21 Å². The van der Waals surface area contributed by atoms with E-state index >= 15 is 0 Å². The van der Waals surface area contributed by atoms with Gasteiger partial charge in [-0.25, -0.2) is 5.01 Å². The smallest absolute Gasteiger partial charge is 0.248 e. The highest BCUT2D eigenvalue weighted by Gasteiger charge is 2.14. The Bertz CT molecular complexity index is 148. The predicted molar refractivity (Wildman–Crippen MR) is 40.0 cm³/mol. The van der Waals surface area contributed by atoms with Gasteiger partial charge in [0.15, 0.2) is 0 Å². The summed E-state index contributed by atoms with van der Waals surface area (Å²) >= 11 is 4.59. The molecule has 1 aliphatic rings. The fourth-order valence-corrected chi connectivity index (χ4v) is 1.15. The van der Waals surface area contributed by atoms with E-state index in [0.29, 0.717) is 12.3 Å². The Labute approximate surface area is 62.3 Å². The van der Waals surface area contributed by atoms with Gasteiger partial charge in [-0.15, -0.1) is 0 Å². The van der Waals surface area contributed by atoms with Crippen LogP contribution in [-0.4, -0.2) is 23.0 Å². The van der Waals surface area contributed by atoms with E-state index in [2.05, 4.69) is 16.8 Å². The van der Waals surface area contributed by atoms with E-state index in [0.717, 1.165) is 0 Å². The van der Waals surface area contributed by atoms with E-state index < -0.39 is 0 Å². The maximum Gasteiger partial charge on any atom is 0.248 e. The molecule has 0 N–H and O–H groups in total. The van der Waals surface area contributed by atoms with Gasteiger partial charge in [-0.05, 0) is 11.7 Å². The molecule has 1 amide bonds. The normalized spacial score (nSPS) is 17.4. The number of rotatable bonds is 2. The number of hydrazone groups is 1. The molecule has 0 atom stereocenters. The third-order valence-corrected chi connectivity index (χ3v) is 1.62. The molecular weight excluding hydrogens is 156 g/mol. The minimum absolute atomic E-state index is 0.0346. The number of carbonyl (C=O) groups is 1. The van der Waals surface area contributed by atoms with Gasteiger partial charge in [-0.2, -0.15) is 5.10 Å². The van der Waals surface area contributed by atoms with Crippen LogP contribution in [-0.2, 0) is 4.79 Å². The molecule has 0 aliphatic carbocycles. The monoisotopic (exact) mass is 161 g/mol. The van der Waals surface area contributed by atoms with Crippen molar-refractivity contribution in [3.63, 3.8) is 0 Å². The fraction of sp³-hybridized carbons (Fsp3) is 0.500. The topological polar surface area (TPSA) is 32.7 Å². The zero-order valence-electron chi connectivity index (χ0n) is 4.61. The molecule has 0 unspecified atom stereocenters. The molecule has 49 valence electrons. The van der Waals surface area contributed by atoms with E-state index in [-0.39, 0.29) is 5.91 Å². The molecule has 3 nitrogen and oxygen atoms in total. The van der Waals surface area contributed by atoms with Gasteiger partial charge in [0.2, 0.25) is 5.91 Å². The first-order chi connectivity index (χ1) is 4.34. The van der Waals surface area contributed by atoms with Crippen molar-refractivity contribution in [2.75, 3.05) is 5.88 Å². The Kier molecular flexibility index (Phi) is 2.41. The lowest BCUT2D eigenvalue weighted by molar-refractivity contribution is -0.127. The van der Waals surface area contributed by atoms with E-state index in [1.165, 1.54) is 15.8 Å². The minimum atomic E-state index is 0.0346. The third kappa shape index (κ3) is 1.62. The van der Waals surface area contributed by atoms with E-state index in [4.69, 9.17) is 0 Å². The molecular formula is C4H5N2OS2. The van der Waals surface area contributed by atoms with Crippen LogP contribution < -0.4 is 0 Å². The largest absolute Gasteiger partial charge is 0.273 e. The van der Waals surface area contributed by atoms with Crippen LogP contribution in [0.25, 0.3) is 0 Å². The van der Waals surface area contributed by atoms with Gasteiger partial charge < -0.3 is 0 Å². The fourth-order valence-electron chi connectivity index (χ4n) is 0.542. The van der Waals surface area contributed by atoms with Crippen LogP contribution >= 0.6 is 22.5 Å². The molecule has 1 aliphatic heterocycles. The second-order valence-corrected chi connectivity index (χ2v) is 2.74. The molecule has 0 bridgehead atoms. The molecule has 5 heteroatoms. The summed E-state index contributed by atoms with van der Waals surface area (Å²) in [5.74, 6) is 0.525. The molecule has 9 heavy (non-hydrogen) atoms. The van der Waals surface area contributed by atoms with Crippen LogP contribution in [0.2, 0.25) is 0 Å². The highest BCUT2D eigenvalue weighted by molar-refractivity contribution is 8.68. The number of nitrogens with zero attached hydrogens (tertiary/aromatic N) is 2. The molecule has 1 rings (SSSR count). The second-order valence-electron chi connectivity index (χ2n) is 1.54. The number of hydrogen-bond donors (Lipinski definition) is 0. The number of hydrogen-bond acceptors (Lipinski definition) is 3. The summed E-state index contributed by atoms with van der Waals surface area (Å²) in [7, 11) is 1.18. The summed E-state index contributed by atoms with van der Waals surface area (Å²) in [6, 6.07) is 0. The van der Waals surface area contributed by atoms with Crippen LogP contribution in [0.5, 0.6) is 0 Å². The molecule has 0 saturated carbocycles. The Morgan fingerprint density at radius 2 is 2.78 bits per heavy atom. The third-order valence-electron chi connectivity index (χ3n) is 0.950. The predicted octanol–water partition coefficient (Wildman–Crippen LogP) is 1.01. The molecule has 0 fully saturated rings. The summed E-state index contributed by atoms with van der Waals surface area (Å²) in [6.07, 6.45) is 2.02. The van der Waals surface area contributed by atoms with Crippen molar-refractivity contribution < 1.29 is 4.79 Å². The number of amides is 1. The van der Waals surface area contributed by atoms with Crippen molar-refractivity contribution in [3.05, 3.63) is 0 Å². The van der Waals surface area contributed by atoms with Crippen LogP contribution in [0.15, 0.2) is 5.10 Å². The van der Waals surface area contributed by atoms with E-state index in [9.17, 15) is 4.79 Å². The summed E-state index contributed by atoms with van der Waals surface area (Å²) in [5.41, 5.74) is 0. The molecule has 0 saturated heterocycles. The number of carbonyl (C=O) groups excluding carboxylic acids is 1. The van der Waals surface area contributed by atoms with Gasteiger partial charge in [0, 0.05) is 6.21 Å². The molecule has 1 radical (unpaired) electrons. The average Bonchev–Trinajstić information content (AvgIpc) is 2.18. The SMILES string of the molecule is O=C1CC=NN1CS[S]. The maximum absolute atomic E-state index is 10.7. The lowest BCUT2D eigenvalue weighted by atomic mass is 10.5. The van der Waals surface area contributed by atoms with Crippen molar-refractivity contribution in [2.24, 2.45) is 5.10 Å². The Balaban J connectivity index is 2.40. The lowest BCUT2D eigenvalue weighted by Crippen LogP contribution is -2.19. The Morgan fingerprint density at radius 3 is 3.22 bits per heavy atom. The van der Waals surface area contributed by atoms with Gasteiger partial charge in [0.1, 0.15) is 5.88 Å². The quantitative estimate of drug-likeness (QED) is 0.566. The Hall–Kier alpha value is -0.160. The van der Waals surface area contributed by atoms with Crippen molar-refractivity contribution >= 4 is 34.6 Å². The molecule has 0 aromatic rings. The van der Waals surface area contributed by atoms with Crippen molar-refractivity contribution in [3.8, 4) is 0 Å². The second kappa shape index (κ2) is 3.12. The summed E-state index contributed by atoms with van der Waals surface area (Å²) in [4.78, 5) is 10.7. The van der Waals surface area contributed by atoms with Crippen molar-refractivity contribution in [1.82, 2.24) is 5.01 Å². The van der Waals surface area contributed by atoms with Gasteiger partial charge in [-0.1, -0.05) is 10.8 Å². The van der Waals surface area contributed by atoms with Crippen LogP contribution in [0.3, 0.4) is 0 Å². The molecule has 0 aromatic heterocycles. The standard InChI is InChI=1S/C4H5N2OS2/c7-4-1-2-5-6(4)3-9-8/h2H,1,3H2. The Morgan fingerprint density at radius 1 is 2.00 bits per heavy atom. The van der Waals surface area contributed by atoms with Crippen LogP contribution in [0, 0.1) is 0 Å². The first-order valence-corrected chi connectivity index (χ1v) is 4.33. The molecule has 1 heterocycles. The maximum atomic E-state index is 10.7. The summed E-state index contributed by atoms with van der Waals surface area (Å²) in [5, 5.41) is 5.15. The van der Waals surface area contributed by atoms with Gasteiger partial charge in [-0.3, -0.25) is 4.79 Å². The summed E-state index contributed by atoms with van der Waals surface area (Å²) in [6.45, 7) is 0. The lowest BCUT2D eigenvalue weighted by Gasteiger charge is -2.06. The van der Waals surface area contributed by atoms with Crippen LogP contribution in [0.1, 0.15) is 6.42 Å². The minimum Gasteiger partial charge on any atom is -0.273 e. The van der Waals surface area contributed by atoms with E-state index in [1.807, 2.05) is 0 Å². The first-order valence-electron chi connectivity index (χ1n) is 2.42. The van der Waals surface area contributed by atoms with Gasteiger partial charge >= 0.3 is 0 Å². The summed E-state index contributed by atoms with van der Waals surface area (Å²) < 4.78 is 0.